The van der Waals surface area contributed by atoms with Gasteiger partial charge in [-0.05, 0) is 25.0 Å². The van der Waals surface area contributed by atoms with Gasteiger partial charge in [0.15, 0.2) is 0 Å². The fraction of sp³-hybridized carbons (Fsp3) is 0.364. The molecule has 0 saturated carbocycles. The first-order valence-electron chi connectivity index (χ1n) is 5.17. The van der Waals surface area contributed by atoms with Crippen molar-refractivity contribution >= 4 is 50.7 Å². The number of hydrogen-bond donors (Lipinski definition) is 2. The van der Waals surface area contributed by atoms with Crippen LogP contribution in [0, 0.1) is 0 Å². The average Bonchev–Trinajstić information content (AvgIpc) is 2.20. The number of carbonyl (C=O) groups excluding carboxylic acids is 1. The number of nitrogens with two attached hydrogens (primary N) is 1. The number of unbranched alkanes of at least 4 members (excludes halogenated alkanes) is 1. The molecule has 6 heteroatoms. The summed E-state index contributed by atoms with van der Waals surface area (Å²) in [5.41, 5.74) is 5.76. The zero-order chi connectivity index (χ0) is 12.8. The Hall–Kier alpha value is -0.450. The molecule has 0 fully saturated rings. The van der Waals surface area contributed by atoms with Crippen molar-refractivity contribution in [3.63, 3.8) is 0 Å². The van der Waals surface area contributed by atoms with Crippen molar-refractivity contribution < 1.29 is 4.79 Å². The summed E-state index contributed by atoms with van der Waals surface area (Å²) in [7, 11) is 0. The lowest BCUT2D eigenvalue weighted by molar-refractivity contribution is -0.118. The second-order valence-electron chi connectivity index (χ2n) is 3.59. The average molecular weight is 340 g/mol. The molecule has 1 aromatic rings. The van der Waals surface area contributed by atoms with Gasteiger partial charge in [-0.2, -0.15) is 0 Å². The lowest BCUT2D eigenvalue weighted by Crippen LogP contribution is -2.11. The summed E-state index contributed by atoms with van der Waals surface area (Å²) in [6.07, 6.45) is 2.00. The second-order valence-corrected chi connectivity index (χ2v) is 5.32. The van der Waals surface area contributed by atoms with E-state index >= 15 is 0 Å². The van der Waals surface area contributed by atoms with Gasteiger partial charge in [-0.15, -0.1) is 0 Å². The monoisotopic (exact) mass is 338 g/mol. The molecule has 3 N–H and O–H groups in total. The van der Waals surface area contributed by atoms with E-state index in [1.54, 1.807) is 12.1 Å². The molecule has 17 heavy (non-hydrogen) atoms. The number of anilines is 1. The first-order chi connectivity index (χ1) is 8.00. The highest BCUT2D eigenvalue weighted by Gasteiger charge is 2.06. The van der Waals surface area contributed by atoms with Crippen molar-refractivity contribution in [2.75, 3.05) is 11.9 Å². The predicted molar refractivity (Wildman–Crippen MR) is 75.7 cm³/mol. The Balaban J connectivity index is 2.44. The SMILES string of the molecule is NC(=O)CCCCNc1c(Cl)cc(Br)cc1Cl. The number of halogens is 3. The standard InChI is InChI=1S/C11H13BrCl2N2O/c12-7-5-8(13)11(9(14)6-7)16-4-2-1-3-10(15)17/h5-6,16H,1-4H2,(H2,15,17). The summed E-state index contributed by atoms with van der Waals surface area (Å²) in [6, 6.07) is 3.55. The molecule has 1 amide bonds. The summed E-state index contributed by atoms with van der Waals surface area (Å²) in [5, 5.41) is 4.28. The lowest BCUT2D eigenvalue weighted by Gasteiger charge is -2.10. The van der Waals surface area contributed by atoms with Crippen LogP contribution in [-0.2, 0) is 4.79 Å². The van der Waals surface area contributed by atoms with Gasteiger partial charge in [0.2, 0.25) is 5.91 Å². The van der Waals surface area contributed by atoms with Crippen molar-refractivity contribution in [2.24, 2.45) is 5.73 Å². The van der Waals surface area contributed by atoms with Crippen molar-refractivity contribution in [2.45, 2.75) is 19.3 Å². The number of hydrogen-bond acceptors (Lipinski definition) is 2. The van der Waals surface area contributed by atoms with Crippen molar-refractivity contribution in [1.29, 1.82) is 0 Å². The molecule has 0 unspecified atom stereocenters. The minimum absolute atomic E-state index is 0.273. The van der Waals surface area contributed by atoms with E-state index in [1.807, 2.05) is 0 Å². The van der Waals surface area contributed by atoms with Gasteiger partial charge in [0.25, 0.3) is 0 Å². The van der Waals surface area contributed by atoms with Crippen LogP contribution in [0.4, 0.5) is 5.69 Å². The number of amides is 1. The van der Waals surface area contributed by atoms with Crippen LogP contribution >= 0.6 is 39.1 Å². The van der Waals surface area contributed by atoms with E-state index in [0.717, 1.165) is 23.0 Å². The van der Waals surface area contributed by atoms with E-state index in [2.05, 4.69) is 21.2 Å². The largest absolute Gasteiger partial charge is 0.383 e. The molecule has 1 rings (SSSR count). The fourth-order valence-corrected chi connectivity index (χ4v) is 2.69. The molecule has 3 nitrogen and oxygen atoms in total. The molecule has 0 aliphatic carbocycles. The summed E-state index contributed by atoms with van der Waals surface area (Å²) in [6.45, 7) is 0.703. The van der Waals surface area contributed by atoms with Crippen LogP contribution in [0.2, 0.25) is 10.0 Å². The van der Waals surface area contributed by atoms with E-state index in [9.17, 15) is 4.79 Å². The van der Waals surface area contributed by atoms with Gasteiger partial charge in [-0.3, -0.25) is 4.79 Å². The molecule has 0 radical (unpaired) electrons. The van der Waals surface area contributed by atoms with Crippen LogP contribution in [-0.4, -0.2) is 12.5 Å². The Bertz CT molecular complexity index is 389. The quantitative estimate of drug-likeness (QED) is 0.774. The molecular formula is C11H13BrCl2N2O. The number of primary amides is 1. The van der Waals surface area contributed by atoms with Crippen LogP contribution in [0.3, 0.4) is 0 Å². The molecule has 0 bridgehead atoms. The van der Waals surface area contributed by atoms with E-state index in [0.29, 0.717) is 23.0 Å². The number of carbonyl (C=O) groups is 1. The molecular weight excluding hydrogens is 327 g/mol. The van der Waals surface area contributed by atoms with Crippen LogP contribution in [0.5, 0.6) is 0 Å². The van der Waals surface area contributed by atoms with Crippen molar-refractivity contribution in [1.82, 2.24) is 0 Å². The maximum absolute atomic E-state index is 10.5. The summed E-state index contributed by atoms with van der Waals surface area (Å²) >= 11 is 15.4. The highest BCUT2D eigenvalue weighted by atomic mass is 79.9. The van der Waals surface area contributed by atoms with E-state index in [1.165, 1.54) is 0 Å². The van der Waals surface area contributed by atoms with Gasteiger partial charge in [0.05, 0.1) is 15.7 Å². The lowest BCUT2D eigenvalue weighted by atomic mass is 10.2. The summed E-state index contributed by atoms with van der Waals surface area (Å²) in [4.78, 5) is 10.5. The van der Waals surface area contributed by atoms with Crippen LogP contribution in [0.25, 0.3) is 0 Å². The third-order valence-electron chi connectivity index (χ3n) is 2.16. The zero-order valence-corrected chi connectivity index (χ0v) is 12.2. The van der Waals surface area contributed by atoms with Gasteiger partial charge in [-0.1, -0.05) is 39.1 Å². The minimum Gasteiger partial charge on any atom is -0.383 e. The Morgan fingerprint density at radius 1 is 1.29 bits per heavy atom. The topological polar surface area (TPSA) is 55.1 Å². The third kappa shape index (κ3) is 5.15. The van der Waals surface area contributed by atoms with E-state index in [-0.39, 0.29) is 5.91 Å². The number of rotatable bonds is 6. The Labute approximate surface area is 119 Å². The van der Waals surface area contributed by atoms with Crippen molar-refractivity contribution in [3.05, 3.63) is 26.7 Å². The highest BCUT2D eigenvalue weighted by molar-refractivity contribution is 9.10. The van der Waals surface area contributed by atoms with E-state index < -0.39 is 0 Å². The number of benzene rings is 1. The van der Waals surface area contributed by atoms with Crippen LogP contribution in [0.15, 0.2) is 16.6 Å². The molecule has 0 spiro atoms. The maximum Gasteiger partial charge on any atom is 0.217 e. The molecule has 1 aromatic carbocycles. The zero-order valence-electron chi connectivity index (χ0n) is 9.10. The minimum atomic E-state index is -0.273. The van der Waals surface area contributed by atoms with Crippen LogP contribution in [0.1, 0.15) is 19.3 Å². The van der Waals surface area contributed by atoms with Crippen LogP contribution < -0.4 is 11.1 Å². The molecule has 0 aliphatic heterocycles. The molecule has 0 aromatic heterocycles. The molecule has 94 valence electrons. The van der Waals surface area contributed by atoms with Gasteiger partial charge in [-0.25, -0.2) is 0 Å². The predicted octanol–water partition coefficient (Wildman–Crippen LogP) is 3.82. The smallest absolute Gasteiger partial charge is 0.217 e. The first kappa shape index (κ1) is 14.6. The van der Waals surface area contributed by atoms with Gasteiger partial charge < -0.3 is 11.1 Å². The third-order valence-corrected chi connectivity index (χ3v) is 3.21. The van der Waals surface area contributed by atoms with Gasteiger partial charge >= 0.3 is 0 Å². The first-order valence-corrected chi connectivity index (χ1v) is 6.72. The summed E-state index contributed by atoms with van der Waals surface area (Å²) < 4.78 is 0.840. The Kier molecular flexibility index (Phi) is 6.09. The normalized spacial score (nSPS) is 10.3. The molecule has 0 aliphatic rings. The molecule has 0 atom stereocenters. The fourth-order valence-electron chi connectivity index (χ4n) is 1.35. The maximum atomic E-state index is 10.5. The van der Waals surface area contributed by atoms with Crippen molar-refractivity contribution in [3.8, 4) is 0 Å². The Morgan fingerprint density at radius 3 is 2.41 bits per heavy atom. The Morgan fingerprint density at radius 2 is 1.88 bits per heavy atom. The van der Waals surface area contributed by atoms with Gasteiger partial charge in [0.1, 0.15) is 0 Å². The molecule has 0 heterocycles. The molecule has 0 saturated heterocycles. The van der Waals surface area contributed by atoms with E-state index in [4.69, 9.17) is 28.9 Å². The van der Waals surface area contributed by atoms with Gasteiger partial charge in [0, 0.05) is 17.4 Å². The highest BCUT2D eigenvalue weighted by Crippen LogP contribution is 2.33. The summed E-state index contributed by atoms with van der Waals surface area (Å²) in [5.74, 6) is -0.273. The number of nitrogens with one attached hydrogen (secondary N) is 1. The second kappa shape index (κ2) is 7.09.